The molecule has 2 aromatic rings. The van der Waals surface area contributed by atoms with E-state index in [9.17, 15) is 9.59 Å². The lowest BCUT2D eigenvalue weighted by atomic mass is 9.96. The Morgan fingerprint density at radius 3 is 2.74 bits per heavy atom. The molecule has 0 spiro atoms. The lowest BCUT2D eigenvalue weighted by Gasteiger charge is -2.32. The second-order valence-corrected chi connectivity index (χ2v) is 9.65. The number of nitrogens with one attached hydrogen (secondary N) is 1. The van der Waals surface area contributed by atoms with Gasteiger partial charge in [0.05, 0.1) is 31.0 Å². The maximum Gasteiger partial charge on any atom is 0.268 e. The minimum Gasteiger partial charge on any atom is -0.383 e. The van der Waals surface area contributed by atoms with Crippen LogP contribution in [0.2, 0.25) is 0 Å². The van der Waals surface area contributed by atoms with Crippen molar-refractivity contribution < 1.29 is 9.53 Å². The predicted octanol–water partition coefficient (Wildman–Crippen LogP) is 2.05. The van der Waals surface area contributed by atoms with Crippen LogP contribution in [0.5, 0.6) is 0 Å². The zero-order valence-corrected chi connectivity index (χ0v) is 20.4. The van der Waals surface area contributed by atoms with Gasteiger partial charge in [-0.15, -0.1) is 0 Å². The molecule has 8 nitrogen and oxygen atoms in total. The molecule has 2 aliphatic rings. The molecule has 1 amide bonds. The number of anilines is 1. The van der Waals surface area contributed by atoms with Crippen molar-refractivity contribution in [3.05, 3.63) is 58.0 Å². The van der Waals surface area contributed by atoms with Crippen LogP contribution in [0.15, 0.2) is 41.3 Å². The second kappa shape index (κ2) is 11.6. The fraction of sp³-hybridized carbons (Fsp3) is 0.577. The SMILES string of the molecule is COCCn1ncc(N2CC[C@H](C(=O)NCC3CCN(Cc4cccc(C)c4)CC3)C2)cc1=O. The van der Waals surface area contributed by atoms with Crippen molar-refractivity contribution in [3.8, 4) is 0 Å². The van der Waals surface area contributed by atoms with Crippen molar-refractivity contribution in [3.63, 3.8) is 0 Å². The molecule has 4 rings (SSSR count). The van der Waals surface area contributed by atoms with Gasteiger partial charge in [-0.1, -0.05) is 29.8 Å². The first-order valence-electron chi connectivity index (χ1n) is 12.4. The van der Waals surface area contributed by atoms with Crippen LogP contribution in [0.3, 0.4) is 0 Å². The molecule has 184 valence electrons. The number of likely N-dealkylation sites (tertiary alicyclic amines) is 1. The summed E-state index contributed by atoms with van der Waals surface area (Å²) >= 11 is 0. The number of benzene rings is 1. The van der Waals surface area contributed by atoms with Crippen LogP contribution in [0.25, 0.3) is 0 Å². The van der Waals surface area contributed by atoms with Gasteiger partial charge in [0.25, 0.3) is 5.56 Å². The van der Waals surface area contributed by atoms with Gasteiger partial charge in [0, 0.05) is 39.4 Å². The molecule has 34 heavy (non-hydrogen) atoms. The minimum atomic E-state index is -0.142. The van der Waals surface area contributed by atoms with Crippen molar-refractivity contribution >= 4 is 11.6 Å². The molecule has 8 heteroatoms. The van der Waals surface area contributed by atoms with E-state index in [1.807, 2.05) is 0 Å². The van der Waals surface area contributed by atoms with Crippen molar-refractivity contribution in [1.29, 1.82) is 0 Å². The summed E-state index contributed by atoms with van der Waals surface area (Å²) in [5, 5.41) is 7.44. The Hall–Kier alpha value is -2.71. The molecule has 2 saturated heterocycles. The molecule has 0 radical (unpaired) electrons. The fourth-order valence-electron chi connectivity index (χ4n) is 4.96. The molecule has 0 unspecified atom stereocenters. The highest BCUT2D eigenvalue weighted by atomic mass is 16.5. The van der Waals surface area contributed by atoms with Gasteiger partial charge in [0.2, 0.25) is 5.91 Å². The topological polar surface area (TPSA) is 79.7 Å². The summed E-state index contributed by atoms with van der Waals surface area (Å²) in [4.78, 5) is 29.7. The molecular formula is C26H37N5O3. The number of ether oxygens (including phenoxy) is 1. The summed E-state index contributed by atoms with van der Waals surface area (Å²) in [6.07, 6.45) is 4.75. The van der Waals surface area contributed by atoms with E-state index in [0.29, 0.717) is 25.6 Å². The van der Waals surface area contributed by atoms with E-state index < -0.39 is 0 Å². The number of methoxy groups -OCH3 is 1. The van der Waals surface area contributed by atoms with Crippen LogP contribution in [0.4, 0.5) is 5.69 Å². The van der Waals surface area contributed by atoms with Crippen LogP contribution < -0.4 is 15.8 Å². The molecule has 1 aromatic heterocycles. The number of hydrogen-bond acceptors (Lipinski definition) is 6. The van der Waals surface area contributed by atoms with E-state index in [1.165, 1.54) is 15.8 Å². The Morgan fingerprint density at radius 1 is 1.18 bits per heavy atom. The summed E-state index contributed by atoms with van der Waals surface area (Å²) < 4.78 is 6.42. The average molecular weight is 468 g/mol. The van der Waals surface area contributed by atoms with Crippen molar-refractivity contribution in [2.45, 2.75) is 39.3 Å². The monoisotopic (exact) mass is 467 g/mol. The Morgan fingerprint density at radius 2 is 2.00 bits per heavy atom. The first kappa shape index (κ1) is 24.4. The second-order valence-electron chi connectivity index (χ2n) is 9.65. The largest absolute Gasteiger partial charge is 0.383 e. The van der Waals surface area contributed by atoms with E-state index in [2.05, 4.69) is 51.4 Å². The molecule has 1 aromatic carbocycles. The van der Waals surface area contributed by atoms with Gasteiger partial charge < -0.3 is 15.0 Å². The molecule has 1 N–H and O–H groups in total. The molecule has 0 bridgehead atoms. The highest BCUT2D eigenvalue weighted by Gasteiger charge is 2.29. The third-order valence-electron chi connectivity index (χ3n) is 7.05. The fourth-order valence-corrected chi connectivity index (χ4v) is 4.96. The zero-order chi connectivity index (χ0) is 23.9. The lowest BCUT2D eigenvalue weighted by Crippen LogP contribution is -2.40. The molecule has 3 heterocycles. The number of rotatable bonds is 9. The number of carbonyl (C=O) groups excluding carboxylic acids is 1. The standard InChI is InChI=1S/C26H37N5O3/c1-20-4-3-5-22(14-20)18-29-9-6-21(7-10-29)16-27-26(33)23-8-11-30(19-23)24-15-25(32)31(28-17-24)12-13-34-2/h3-5,14-15,17,21,23H,6-13,16,18-19H2,1-2H3,(H,27,33)/t23-/m0/s1. The van der Waals surface area contributed by atoms with Crippen LogP contribution in [0, 0.1) is 18.8 Å². The van der Waals surface area contributed by atoms with Crippen LogP contribution in [0.1, 0.15) is 30.4 Å². The number of carbonyl (C=O) groups is 1. The Bertz CT molecular complexity index is 1020. The van der Waals surface area contributed by atoms with E-state index in [1.54, 1.807) is 19.4 Å². The first-order chi connectivity index (χ1) is 16.5. The van der Waals surface area contributed by atoms with Gasteiger partial charge >= 0.3 is 0 Å². The summed E-state index contributed by atoms with van der Waals surface area (Å²) in [6, 6.07) is 10.3. The smallest absolute Gasteiger partial charge is 0.268 e. The Kier molecular flexibility index (Phi) is 8.34. The number of aryl methyl sites for hydroxylation is 1. The van der Waals surface area contributed by atoms with Gasteiger partial charge in [-0.25, -0.2) is 4.68 Å². The van der Waals surface area contributed by atoms with Crippen molar-refractivity contribution in [1.82, 2.24) is 20.0 Å². The van der Waals surface area contributed by atoms with E-state index in [0.717, 1.165) is 57.7 Å². The molecule has 1 atom stereocenters. The third-order valence-corrected chi connectivity index (χ3v) is 7.05. The first-order valence-corrected chi connectivity index (χ1v) is 12.4. The number of hydrogen-bond donors (Lipinski definition) is 1. The minimum absolute atomic E-state index is 0.0441. The van der Waals surface area contributed by atoms with Gasteiger partial charge in [0.1, 0.15) is 0 Å². The van der Waals surface area contributed by atoms with Crippen molar-refractivity contribution in [2.24, 2.45) is 11.8 Å². The van der Waals surface area contributed by atoms with E-state index in [4.69, 9.17) is 4.74 Å². The van der Waals surface area contributed by atoms with Gasteiger partial charge in [-0.3, -0.25) is 14.5 Å². The maximum atomic E-state index is 12.8. The van der Waals surface area contributed by atoms with Gasteiger partial charge in [-0.2, -0.15) is 5.10 Å². The maximum absolute atomic E-state index is 12.8. The Labute approximate surface area is 201 Å². The number of aromatic nitrogens is 2. The molecule has 2 aliphatic heterocycles. The van der Waals surface area contributed by atoms with Crippen molar-refractivity contribution in [2.75, 3.05) is 51.3 Å². The summed E-state index contributed by atoms with van der Waals surface area (Å²) in [5.41, 5.74) is 3.33. The van der Waals surface area contributed by atoms with Crippen LogP contribution in [-0.4, -0.2) is 67.0 Å². The predicted molar refractivity (Wildman–Crippen MR) is 133 cm³/mol. The van der Waals surface area contributed by atoms with E-state index in [-0.39, 0.29) is 17.4 Å². The zero-order valence-electron chi connectivity index (χ0n) is 20.4. The average Bonchev–Trinajstić information content (AvgIpc) is 3.33. The third kappa shape index (κ3) is 6.45. The number of nitrogens with zero attached hydrogens (tertiary/aromatic N) is 4. The van der Waals surface area contributed by atoms with Crippen LogP contribution >= 0.6 is 0 Å². The summed E-state index contributed by atoms with van der Waals surface area (Å²) in [5.74, 6) is 0.627. The molecule has 2 fully saturated rings. The lowest BCUT2D eigenvalue weighted by molar-refractivity contribution is -0.124. The van der Waals surface area contributed by atoms with Gasteiger partial charge in [0.15, 0.2) is 0 Å². The highest BCUT2D eigenvalue weighted by molar-refractivity contribution is 5.80. The normalized spacial score (nSPS) is 19.5. The summed E-state index contributed by atoms with van der Waals surface area (Å²) in [7, 11) is 1.60. The highest BCUT2D eigenvalue weighted by Crippen LogP contribution is 2.23. The molecule has 0 aliphatic carbocycles. The summed E-state index contributed by atoms with van der Waals surface area (Å²) in [6.45, 7) is 8.33. The number of amides is 1. The molecule has 0 saturated carbocycles. The quantitative estimate of drug-likeness (QED) is 0.608. The van der Waals surface area contributed by atoms with E-state index >= 15 is 0 Å². The van der Waals surface area contributed by atoms with Crippen LogP contribution in [-0.2, 0) is 22.6 Å². The number of piperidine rings is 1. The van der Waals surface area contributed by atoms with Gasteiger partial charge in [-0.05, 0) is 50.8 Å². The molecular weight excluding hydrogens is 430 g/mol. The Balaban J connectivity index is 1.19.